The van der Waals surface area contributed by atoms with Crippen LogP contribution in [-0.2, 0) is 6.61 Å². The van der Waals surface area contributed by atoms with Crippen molar-refractivity contribution in [2.45, 2.75) is 20.5 Å². The van der Waals surface area contributed by atoms with E-state index in [4.69, 9.17) is 27.9 Å². The summed E-state index contributed by atoms with van der Waals surface area (Å²) in [7, 11) is 0. The third-order valence-electron chi connectivity index (χ3n) is 4.15. The molecule has 3 rings (SSSR count). The number of aromatic nitrogens is 1. The van der Waals surface area contributed by atoms with E-state index in [0.717, 1.165) is 28.0 Å². The number of carbonyl (C=O) groups excluding carboxylic acids is 1. The first kappa shape index (κ1) is 20.8. The minimum absolute atomic E-state index is 0.315. The molecule has 0 bridgehead atoms. The molecule has 1 N–H and O–H groups in total. The number of ether oxygens (including phenoxy) is 1. The first-order valence-corrected chi connectivity index (χ1v) is 9.61. The molecule has 29 heavy (non-hydrogen) atoms. The van der Waals surface area contributed by atoms with Crippen molar-refractivity contribution in [3.05, 3.63) is 92.7 Å². The highest BCUT2D eigenvalue weighted by Crippen LogP contribution is 2.27. The highest BCUT2D eigenvalue weighted by Gasteiger charge is 2.08. The zero-order valence-electron chi connectivity index (χ0n) is 15.9. The molecule has 0 unspecified atom stereocenters. The Labute approximate surface area is 179 Å². The van der Waals surface area contributed by atoms with Crippen LogP contribution >= 0.6 is 23.2 Å². The third kappa shape index (κ3) is 5.56. The van der Waals surface area contributed by atoms with Crippen LogP contribution in [0.5, 0.6) is 5.75 Å². The summed E-state index contributed by atoms with van der Waals surface area (Å²) >= 11 is 12.0. The van der Waals surface area contributed by atoms with Gasteiger partial charge in [0.05, 0.1) is 21.8 Å². The van der Waals surface area contributed by atoms with Gasteiger partial charge in [0.2, 0.25) is 0 Å². The number of carbonyl (C=O) groups is 1. The van der Waals surface area contributed by atoms with Crippen molar-refractivity contribution in [2.75, 3.05) is 0 Å². The van der Waals surface area contributed by atoms with Gasteiger partial charge in [-0.05, 0) is 72.5 Å². The van der Waals surface area contributed by atoms with Crippen LogP contribution in [0.15, 0.2) is 60.0 Å². The number of pyridine rings is 1. The van der Waals surface area contributed by atoms with E-state index in [1.807, 2.05) is 32.0 Å². The second-order valence-corrected chi connectivity index (χ2v) is 7.28. The average Bonchev–Trinajstić information content (AvgIpc) is 2.70. The molecule has 0 radical (unpaired) electrons. The van der Waals surface area contributed by atoms with Crippen LogP contribution in [0.2, 0.25) is 10.0 Å². The summed E-state index contributed by atoms with van der Waals surface area (Å²) in [5, 5.41) is 5.04. The van der Waals surface area contributed by atoms with Gasteiger partial charge in [-0.1, -0.05) is 29.3 Å². The zero-order valence-corrected chi connectivity index (χ0v) is 17.5. The molecular weight excluding hydrogens is 409 g/mol. The van der Waals surface area contributed by atoms with Crippen LogP contribution in [0.25, 0.3) is 0 Å². The molecule has 0 fully saturated rings. The highest BCUT2D eigenvalue weighted by atomic mass is 35.5. The number of halogens is 2. The number of rotatable bonds is 6. The van der Waals surface area contributed by atoms with E-state index in [2.05, 4.69) is 15.5 Å². The largest absolute Gasteiger partial charge is 0.488 e. The minimum atomic E-state index is -0.315. The molecule has 0 aliphatic rings. The molecule has 0 aliphatic heterocycles. The Hall–Kier alpha value is -2.89. The average molecular weight is 428 g/mol. The van der Waals surface area contributed by atoms with Crippen molar-refractivity contribution in [3.63, 3.8) is 0 Å². The van der Waals surface area contributed by atoms with Crippen LogP contribution in [0.1, 0.15) is 32.6 Å². The number of aryl methyl sites for hydroxylation is 2. The standard InChI is InChI=1S/C22H19Cl2N3O2/c1-14-8-17(11-26-27-22(28)18-4-3-7-25-12-18)9-15(2)21(14)29-13-16-5-6-19(23)20(24)10-16/h3-12H,13H2,1-2H3,(H,27,28)/b26-11-. The van der Waals surface area contributed by atoms with Crippen LogP contribution in [0.3, 0.4) is 0 Å². The molecule has 0 atom stereocenters. The molecular formula is C22H19Cl2N3O2. The Morgan fingerprint density at radius 1 is 1.14 bits per heavy atom. The molecule has 0 aliphatic carbocycles. The van der Waals surface area contributed by atoms with Crippen LogP contribution in [-0.4, -0.2) is 17.1 Å². The van der Waals surface area contributed by atoms with Crippen molar-refractivity contribution in [1.82, 2.24) is 10.4 Å². The van der Waals surface area contributed by atoms with Gasteiger partial charge < -0.3 is 4.74 Å². The van der Waals surface area contributed by atoms with E-state index in [0.29, 0.717) is 22.2 Å². The van der Waals surface area contributed by atoms with Gasteiger partial charge in [-0.3, -0.25) is 9.78 Å². The molecule has 3 aromatic rings. The number of hydrogen-bond donors (Lipinski definition) is 1. The summed E-state index contributed by atoms with van der Waals surface area (Å²) in [6.07, 6.45) is 4.69. The number of hydrogen-bond acceptors (Lipinski definition) is 4. The molecule has 148 valence electrons. The topological polar surface area (TPSA) is 63.6 Å². The lowest BCUT2D eigenvalue weighted by molar-refractivity contribution is 0.0955. The number of benzene rings is 2. The number of amides is 1. The van der Waals surface area contributed by atoms with E-state index >= 15 is 0 Å². The van der Waals surface area contributed by atoms with Crippen molar-refractivity contribution < 1.29 is 9.53 Å². The second kappa shape index (κ2) is 9.54. The van der Waals surface area contributed by atoms with Gasteiger partial charge in [0.15, 0.2) is 0 Å². The molecule has 7 heteroatoms. The maximum atomic E-state index is 12.0. The predicted octanol–water partition coefficient (Wildman–Crippen LogP) is 5.35. The van der Waals surface area contributed by atoms with Crippen LogP contribution in [0.4, 0.5) is 0 Å². The minimum Gasteiger partial charge on any atom is -0.488 e. The fourth-order valence-electron chi connectivity index (χ4n) is 2.80. The van der Waals surface area contributed by atoms with Gasteiger partial charge in [-0.25, -0.2) is 5.43 Å². The fraction of sp³-hybridized carbons (Fsp3) is 0.136. The Morgan fingerprint density at radius 3 is 2.55 bits per heavy atom. The molecule has 2 aromatic carbocycles. The van der Waals surface area contributed by atoms with E-state index < -0.39 is 0 Å². The van der Waals surface area contributed by atoms with Crippen LogP contribution < -0.4 is 10.2 Å². The summed E-state index contributed by atoms with van der Waals surface area (Å²) < 4.78 is 5.98. The predicted molar refractivity (Wildman–Crippen MR) is 116 cm³/mol. The molecule has 1 amide bonds. The van der Waals surface area contributed by atoms with Gasteiger partial charge in [-0.2, -0.15) is 5.10 Å². The van der Waals surface area contributed by atoms with E-state index in [1.54, 1.807) is 36.7 Å². The maximum absolute atomic E-state index is 12.0. The number of hydrazone groups is 1. The summed E-state index contributed by atoms with van der Waals surface area (Å²) in [6.45, 7) is 4.30. The van der Waals surface area contributed by atoms with Gasteiger partial charge in [0.1, 0.15) is 12.4 Å². The summed E-state index contributed by atoms with van der Waals surface area (Å²) in [5.41, 5.74) is 6.65. The summed E-state index contributed by atoms with van der Waals surface area (Å²) in [5.74, 6) is 0.483. The van der Waals surface area contributed by atoms with Crippen molar-refractivity contribution in [2.24, 2.45) is 5.10 Å². The van der Waals surface area contributed by atoms with Crippen molar-refractivity contribution in [3.8, 4) is 5.75 Å². The molecule has 0 saturated heterocycles. The van der Waals surface area contributed by atoms with Crippen LogP contribution in [0, 0.1) is 13.8 Å². The number of nitrogens with one attached hydrogen (secondary N) is 1. The zero-order chi connectivity index (χ0) is 20.8. The van der Waals surface area contributed by atoms with E-state index in [9.17, 15) is 4.79 Å². The van der Waals surface area contributed by atoms with E-state index in [1.165, 1.54) is 6.20 Å². The smallest absolute Gasteiger partial charge is 0.272 e. The first-order chi connectivity index (χ1) is 13.9. The summed E-state index contributed by atoms with van der Waals surface area (Å²) in [4.78, 5) is 15.9. The lowest BCUT2D eigenvalue weighted by Gasteiger charge is -2.13. The Morgan fingerprint density at radius 2 is 1.90 bits per heavy atom. The van der Waals surface area contributed by atoms with E-state index in [-0.39, 0.29) is 5.91 Å². The fourth-order valence-corrected chi connectivity index (χ4v) is 3.12. The Kier molecular flexibility index (Phi) is 6.86. The van der Waals surface area contributed by atoms with Crippen molar-refractivity contribution in [1.29, 1.82) is 0 Å². The van der Waals surface area contributed by atoms with Gasteiger partial charge in [-0.15, -0.1) is 0 Å². The first-order valence-electron chi connectivity index (χ1n) is 8.85. The van der Waals surface area contributed by atoms with Gasteiger partial charge >= 0.3 is 0 Å². The molecule has 0 spiro atoms. The Bertz CT molecular complexity index is 1030. The molecule has 5 nitrogen and oxygen atoms in total. The molecule has 0 saturated carbocycles. The summed E-state index contributed by atoms with van der Waals surface area (Å²) in [6, 6.07) is 12.7. The number of nitrogens with zero attached hydrogens (tertiary/aromatic N) is 2. The lowest BCUT2D eigenvalue weighted by atomic mass is 10.1. The van der Waals surface area contributed by atoms with Gasteiger partial charge in [0.25, 0.3) is 5.91 Å². The quantitative estimate of drug-likeness (QED) is 0.425. The SMILES string of the molecule is Cc1cc(/C=N\NC(=O)c2cccnc2)cc(C)c1OCc1ccc(Cl)c(Cl)c1. The highest BCUT2D eigenvalue weighted by molar-refractivity contribution is 6.42. The van der Waals surface area contributed by atoms with Gasteiger partial charge in [0, 0.05) is 12.4 Å². The normalized spacial score (nSPS) is 10.9. The monoisotopic (exact) mass is 427 g/mol. The molecule has 1 aromatic heterocycles. The third-order valence-corrected chi connectivity index (χ3v) is 4.89. The maximum Gasteiger partial charge on any atom is 0.272 e. The lowest BCUT2D eigenvalue weighted by Crippen LogP contribution is -2.17. The molecule has 1 heterocycles. The Balaban J connectivity index is 1.65. The second-order valence-electron chi connectivity index (χ2n) is 6.46. The van der Waals surface area contributed by atoms with Crippen molar-refractivity contribution >= 4 is 35.3 Å².